The number of nitrogens with zero attached hydrogens (tertiary/aromatic N) is 4. The van der Waals surface area contributed by atoms with Crippen LogP contribution in [0.15, 0.2) is 47.2 Å². The van der Waals surface area contributed by atoms with Crippen LogP contribution in [0.2, 0.25) is 0 Å². The Morgan fingerprint density at radius 3 is 2.06 bits per heavy atom. The van der Waals surface area contributed by atoms with E-state index >= 15 is 0 Å². The van der Waals surface area contributed by atoms with Crippen LogP contribution >= 0.6 is 23.5 Å². The number of rotatable bonds is 2. The lowest BCUT2D eigenvalue weighted by molar-refractivity contribution is 0.970. The molecule has 0 aliphatic rings. The van der Waals surface area contributed by atoms with Crippen LogP contribution in [-0.2, 0) is 0 Å². The molecule has 0 saturated heterocycles. The Bertz CT molecular complexity index is 343. The minimum absolute atomic E-state index is 0.826. The molecule has 2 aromatic rings. The number of hydrogen-bond acceptors (Lipinski definition) is 6. The van der Waals surface area contributed by atoms with Gasteiger partial charge in [-0.25, -0.2) is 19.9 Å². The molecule has 6 heteroatoms. The Morgan fingerprint density at radius 2 is 1.69 bits per heavy atom. The third kappa shape index (κ3) is 5.09. The van der Waals surface area contributed by atoms with Crippen molar-refractivity contribution in [2.24, 2.45) is 0 Å². The van der Waals surface area contributed by atoms with Gasteiger partial charge in [-0.2, -0.15) is 0 Å². The van der Waals surface area contributed by atoms with Crippen molar-refractivity contribution < 1.29 is 0 Å². The average Bonchev–Trinajstić information content (AvgIpc) is 2.41. The molecule has 0 unspecified atom stereocenters. The second-order valence-electron chi connectivity index (χ2n) is 2.49. The summed E-state index contributed by atoms with van der Waals surface area (Å²) in [5.41, 5.74) is 0. The van der Waals surface area contributed by atoms with E-state index in [9.17, 15) is 0 Å². The molecule has 2 heterocycles. The van der Waals surface area contributed by atoms with Crippen LogP contribution in [0.4, 0.5) is 0 Å². The molecule has 0 saturated carbocycles. The molecule has 0 bridgehead atoms. The monoisotopic (exact) mass is 252 g/mol. The molecular weight excluding hydrogens is 240 g/mol. The fourth-order valence-electron chi connectivity index (χ4n) is 0.790. The maximum Gasteiger partial charge on any atom is 0.187 e. The third-order valence-electron chi connectivity index (χ3n) is 1.49. The van der Waals surface area contributed by atoms with E-state index in [2.05, 4.69) is 19.9 Å². The van der Waals surface area contributed by atoms with Crippen LogP contribution in [0.25, 0.3) is 0 Å². The summed E-state index contributed by atoms with van der Waals surface area (Å²) < 4.78 is 0. The van der Waals surface area contributed by atoms with Crippen molar-refractivity contribution >= 4 is 23.5 Å². The fourth-order valence-corrected chi connectivity index (χ4v) is 1.47. The molecule has 2 rings (SSSR count). The molecule has 0 aromatic carbocycles. The van der Waals surface area contributed by atoms with Gasteiger partial charge in [-0.1, -0.05) is 11.8 Å². The second kappa shape index (κ2) is 8.06. The van der Waals surface area contributed by atoms with Crippen LogP contribution in [0, 0.1) is 0 Å². The van der Waals surface area contributed by atoms with E-state index in [0.717, 1.165) is 10.2 Å². The maximum atomic E-state index is 3.95. The van der Waals surface area contributed by atoms with Crippen molar-refractivity contribution in [3.63, 3.8) is 0 Å². The predicted molar refractivity (Wildman–Crippen MR) is 67.6 cm³/mol. The van der Waals surface area contributed by atoms with Crippen LogP contribution in [-0.4, -0.2) is 32.4 Å². The van der Waals surface area contributed by atoms with Gasteiger partial charge < -0.3 is 0 Å². The molecule has 0 amide bonds. The molecule has 0 fully saturated rings. The number of aromatic nitrogens is 4. The zero-order valence-electron chi connectivity index (χ0n) is 9.07. The zero-order valence-corrected chi connectivity index (χ0v) is 10.7. The number of thioether (sulfide) groups is 2. The summed E-state index contributed by atoms with van der Waals surface area (Å²) in [6.45, 7) is 0. The maximum absolute atomic E-state index is 3.95. The Hall–Kier alpha value is -1.14. The first-order valence-corrected chi connectivity index (χ1v) is 6.92. The predicted octanol–water partition coefficient (Wildman–Crippen LogP) is 2.40. The van der Waals surface area contributed by atoms with Crippen LogP contribution in [0.3, 0.4) is 0 Å². The highest BCUT2D eigenvalue weighted by Gasteiger charge is 1.84. The van der Waals surface area contributed by atoms with Gasteiger partial charge in [0.2, 0.25) is 0 Å². The summed E-state index contributed by atoms with van der Waals surface area (Å²) in [6.07, 6.45) is 10.7. The molecule has 2 aromatic heterocycles. The Kier molecular flexibility index (Phi) is 6.52. The molecule has 0 atom stereocenters. The summed E-state index contributed by atoms with van der Waals surface area (Å²) in [5.74, 6) is 0. The van der Waals surface area contributed by atoms with Gasteiger partial charge in [-0.15, -0.1) is 11.8 Å². The van der Waals surface area contributed by atoms with Crippen molar-refractivity contribution in [3.05, 3.63) is 37.1 Å². The van der Waals surface area contributed by atoms with Gasteiger partial charge in [-0.3, -0.25) is 0 Å². The highest BCUT2D eigenvalue weighted by Crippen LogP contribution is 2.06. The number of hydrogen-bond donors (Lipinski definition) is 0. The summed E-state index contributed by atoms with van der Waals surface area (Å²) in [7, 11) is 0. The van der Waals surface area contributed by atoms with E-state index in [-0.39, 0.29) is 0 Å². The van der Waals surface area contributed by atoms with Gasteiger partial charge >= 0.3 is 0 Å². The lowest BCUT2D eigenvalue weighted by atomic mass is 10.7. The van der Waals surface area contributed by atoms with Crippen LogP contribution in [0.1, 0.15) is 0 Å². The van der Waals surface area contributed by atoms with E-state index in [1.807, 2.05) is 18.6 Å². The SMILES string of the molecule is CSc1ccncn1.CSc1ncccn1. The van der Waals surface area contributed by atoms with Crippen molar-refractivity contribution in [1.29, 1.82) is 0 Å². The molecule has 4 nitrogen and oxygen atoms in total. The second-order valence-corrected chi connectivity index (χ2v) is 4.09. The Balaban J connectivity index is 0.000000160. The fraction of sp³-hybridized carbons (Fsp3) is 0.200. The van der Waals surface area contributed by atoms with Gasteiger partial charge in [0.15, 0.2) is 5.16 Å². The molecule has 16 heavy (non-hydrogen) atoms. The van der Waals surface area contributed by atoms with Crippen molar-refractivity contribution in [2.45, 2.75) is 10.2 Å². The molecule has 84 valence electrons. The van der Waals surface area contributed by atoms with Gasteiger partial charge in [0.1, 0.15) is 6.33 Å². The molecular formula is C10H12N4S2. The highest BCUT2D eigenvalue weighted by molar-refractivity contribution is 7.98. The van der Waals surface area contributed by atoms with E-state index < -0.39 is 0 Å². The molecule has 0 N–H and O–H groups in total. The molecule has 0 spiro atoms. The van der Waals surface area contributed by atoms with Crippen LogP contribution in [0.5, 0.6) is 0 Å². The Labute approximate surface area is 103 Å². The minimum atomic E-state index is 0.826. The lowest BCUT2D eigenvalue weighted by Gasteiger charge is -1.87. The zero-order chi connectivity index (χ0) is 11.6. The minimum Gasteiger partial charge on any atom is -0.245 e. The summed E-state index contributed by atoms with van der Waals surface area (Å²) in [4.78, 5) is 15.6. The molecule has 0 aliphatic heterocycles. The first-order valence-electron chi connectivity index (χ1n) is 4.48. The summed E-state index contributed by atoms with van der Waals surface area (Å²) >= 11 is 3.16. The quantitative estimate of drug-likeness (QED) is 0.465. The largest absolute Gasteiger partial charge is 0.245 e. The van der Waals surface area contributed by atoms with Crippen molar-refractivity contribution in [2.75, 3.05) is 12.5 Å². The topological polar surface area (TPSA) is 51.6 Å². The van der Waals surface area contributed by atoms with Crippen molar-refractivity contribution in [1.82, 2.24) is 19.9 Å². The lowest BCUT2D eigenvalue weighted by Crippen LogP contribution is -1.79. The van der Waals surface area contributed by atoms with Gasteiger partial charge in [0.25, 0.3) is 0 Å². The standard InChI is InChI=1S/2C5H6N2S/c1-8-5-2-3-6-4-7-5;1-8-5-6-3-2-4-7-5/h2*2-4H,1H3. The summed E-state index contributed by atoms with van der Waals surface area (Å²) in [6, 6.07) is 3.68. The Morgan fingerprint density at radius 1 is 0.938 bits per heavy atom. The molecule has 0 radical (unpaired) electrons. The van der Waals surface area contributed by atoms with E-state index in [1.54, 1.807) is 54.5 Å². The van der Waals surface area contributed by atoms with E-state index in [4.69, 9.17) is 0 Å². The van der Waals surface area contributed by atoms with E-state index in [0.29, 0.717) is 0 Å². The summed E-state index contributed by atoms with van der Waals surface area (Å²) in [5, 5.41) is 1.84. The van der Waals surface area contributed by atoms with Crippen LogP contribution < -0.4 is 0 Å². The van der Waals surface area contributed by atoms with Gasteiger partial charge in [0, 0.05) is 18.6 Å². The highest BCUT2D eigenvalue weighted by atomic mass is 32.2. The normalized spacial score (nSPS) is 9.12. The smallest absolute Gasteiger partial charge is 0.187 e. The van der Waals surface area contributed by atoms with E-state index in [1.165, 1.54) is 0 Å². The van der Waals surface area contributed by atoms with Gasteiger partial charge in [0.05, 0.1) is 5.03 Å². The van der Waals surface area contributed by atoms with Gasteiger partial charge in [-0.05, 0) is 24.6 Å². The third-order valence-corrected chi connectivity index (χ3v) is 2.72. The average molecular weight is 252 g/mol. The molecule has 0 aliphatic carbocycles. The first-order chi connectivity index (χ1) is 7.86. The first kappa shape index (κ1) is 12.9. The van der Waals surface area contributed by atoms with Crippen molar-refractivity contribution in [3.8, 4) is 0 Å².